The summed E-state index contributed by atoms with van der Waals surface area (Å²) < 4.78 is 16.5. The van der Waals surface area contributed by atoms with E-state index >= 15 is 0 Å². The number of nitrogens with zero attached hydrogens (tertiary/aromatic N) is 4. The van der Waals surface area contributed by atoms with Crippen molar-refractivity contribution in [2.24, 2.45) is 0 Å². The van der Waals surface area contributed by atoms with Gasteiger partial charge in [0.05, 0.1) is 16.7 Å². The number of fused-ring (bicyclic) bond motifs is 3. The molecule has 11 heteroatoms. The minimum atomic E-state index is -0.443. The second-order valence-corrected chi connectivity index (χ2v) is 9.01. The van der Waals surface area contributed by atoms with E-state index in [-0.39, 0.29) is 47.9 Å². The van der Waals surface area contributed by atoms with Crippen LogP contribution in [0.25, 0.3) is 16.7 Å². The maximum Gasteiger partial charge on any atom is 0.262 e. The molecule has 0 saturated heterocycles. The van der Waals surface area contributed by atoms with E-state index in [0.29, 0.717) is 21.7 Å². The molecule has 0 radical (unpaired) electrons. The molecule has 0 aliphatic rings. The van der Waals surface area contributed by atoms with Gasteiger partial charge >= 0.3 is 0 Å². The lowest BCUT2D eigenvalue weighted by atomic mass is 10.2. The van der Waals surface area contributed by atoms with Gasteiger partial charge in [0.25, 0.3) is 5.56 Å². The number of benzene rings is 2. The minimum Gasteiger partial charge on any atom is -0.354 e. The molecule has 0 aliphatic heterocycles. The Morgan fingerprint density at radius 2 is 1.91 bits per heavy atom. The van der Waals surface area contributed by atoms with Gasteiger partial charge in [-0.1, -0.05) is 36.9 Å². The van der Waals surface area contributed by atoms with Gasteiger partial charge in [-0.3, -0.25) is 23.4 Å². The van der Waals surface area contributed by atoms with Crippen molar-refractivity contribution in [3.05, 3.63) is 64.7 Å². The number of hydrogen-bond donors (Lipinski definition) is 2. The fourth-order valence-electron chi connectivity index (χ4n) is 3.58. The number of aromatic nitrogens is 4. The van der Waals surface area contributed by atoms with Crippen LogP contribution in [0.15, 0.2) is 58.5 Å². The fraction of sp³-hybridized carbons (Fsp3) is 0.292. The zero-order valence-electron chi connectivity index (χ0n) is 19.3. The van der Waals surface area contributed by atoms with Crippen molar-refractivity contribution in [1.29, 1.82) is 0 Å². The Morgan fingerprint density at radius 1 is 1.11 bits per heavy atom. The van der Waals surface area contributed by atoms with Crippen molar-refractivity contribution in [3.63, 3.8) is 0 Å². The summed E-state index contributed by atoms with van der Waals surface area (Å²) in [5.74, 6) is -0.640. The molecule has 1 atom stereocenters. The number of amides is 2. The van der Waals surface area contributed by atoms with Crippen molar-refractivity contribution >= 4 is 45.9 Å². The number of rotatable bonds is 9. The summed E-state index contributed by atoms with van der Waals surface area (Å²) >= 11 is 1.14. The van der Waals surface area contributed by atoms with Gasteiger partial charge in [-0.05, 0) is 43.7 Å². The summed E-state index contributed by atoms with van der Waals surface area (Å²) in [5.41, 5.74) is 0.694. The number of carbonyl (C=O) groups is 2. The second-order valence-electron chi connectivity index (χ2n) is 8.07. The normalized spacial score (nSPS) is 12.1. The molecule has 9 nitrogen and oxygen atoms in total. The van der Waals surface area contributed by atoms with Crippen LogP contribution < -0.4 is 16.2 Å². The SMILES string of the molecule is CC[C@H](C)NC(=O)CCn1c(=O)c2ccccc2n2c(SCC(=O)Nc3cccc(F)c3)nnc12. The minimum absolute atomic E-state index is 0.00206. The smallest absolute Gasteiger partial charge is 0.262 e. The van der Waals surface area contributed by atoms with Crippen molar-refractivity contribution in [1.82, 2.24) is 24.5 Å². The first kappa shape index (κ1) is 24.4. The summed E-state index contributed by atoms with van der Waals surface area (Å²) in [6, 6.07) is 12.7. The van der Waals surface area contributed by atoms with Crippen LogP contribution in [0, 0.1) is 5.82 Å². The fourth-order valence-corrected chi connectivity index (χ4v) is 4.32. The van der Waals surface area contributed by atoms with E-state index in [1.54, 1.807) is 34.7 Å². The predicted octanol–water partition coefficient (Wildman–Crippen LogP) is 3.22. The standard InChI is InChI=1S/C24H25FN6O3S/c1-3-15(2)26-20(32)11-12-30-22(34)18-9-4-5-10-19(18)31-23(30)28-29-24(31)35-14-21(33)27-17-8-6-7-16(25)13-17/h4-10,13,15H,3,11-12,14H2,1-2H3,(H,26,32)(H,27,33)/t15-/m0/s1. The first-order valence-electron chi connectivity index (χ1n) is 11.2. The van der Waals surface area contributed by atoms with Crippen LogP contribution in [-0.4, -0.2) is 42.8 Å². The monoisotopic (exact) mass is 496 g/mol. The van der Waals surface area contributed by atoms with Crippen LogP contribution >= 0.6 is 11.8 Å². The maximum absolute atomic E-state index is 13.4. The quantitative estimate of drug-likeness (QED) is 0.344. The van der Waals surface area contributed by atoms with E-state index < -0.39 is 5.82 Å². The molecule has 35 heavy (non-hydrogen) atoms. The van der Waals surface area contributed by atoms with E-state index in [2.05, 4.69) is 20.8 Å². The molecule has 0 saturated carbocycles. The highest BCUT2D eigenvalue weighted by molar-refractivity contribution is 7.99. The third-order valence-electron chi connectivity index (χ3n) is 5.50. The third-order valence-corrected chi connectivity index (χ3v) is 6.43. The number of carbonyl (C=O) groups excluding carboxylic acids is 2. The first-order valence-corrected chi connectivity index (χ1v) is 12.2. The van der Waals surface area contributed by atoms with Gasteiger partial charge in [0.1, 0.15) is 5.82 Å². The molecule has 2 N–H and O–H groups in total. The van der Waals surface area contributed by atoms with Gasteiger partial charge in [0.15, 0.2) is 5.16 Å². The Morgan fingerprint density at radius 3 is 2.69 bits per heavy atom. The summed E-state index contributed by atoms with van der Waals surface area (Å²) in [4.78, 5) is 37.9. The number of halogens is 1. The molecule has 182 valence electrons. The summed E-state index contributed by atoms with van der Waals surface area (Å²) in [6.07, 6.45) is 0.924. The number of hydrogen-bond acceptors (Lipinski definition) is 6. The van der Waals surface area contributed by atoms with Gasteiger partial charge in [-0.25, -0.2) is 4.39 Å². The number of thioether (sulfide) groups is 1. The molecule has 0 bridgehead atoms. The van der Waals surface area contributed by atoms with E-state index in [1.165, 1.54) is 22.8 Å². The highest BCUT2D eigenvalue weighted by Crippen LogP contribution is 2.22. The highest BCUT2D eigenvalue weighted by Gasteiger charge is 2.18. The lowest BCUT2D eigenvalue weighted by molar-refractivity contribution is -0.122. The van der Waals surface area contributed by atoms with Gasteiger partial charge in [-0.2, -0.15) is 0 Å². The van der Waals surface area contributed by atoms with E-state index in [1.807, 2.05) is 13.8 Å². The molecule has 2 aromatic heterocycles. The van der Waals surface area contributed by atoms with Crippen LogP contribution in [0.3, 0.4) is 0 Å². The summed E-state index contributed by atoms with van der Waals surface area (Å²) in [7, 11) is 0. The molecule has 2 heterocycles. The average Bonchev–Trinajstić information content (AvgIpc) is 3.26. The van der Waals surface area contributed by atoms with Crippen molar-refractivity contribution < 1.29 is 14.0 Å². The molecule has 4 aromatic rings. The Kier molecular flexibility index (Phi) is 7.45. The number of nitrogens with one attached hydrogen (secondary N) is 2. The van der Waals surface area contributed by atoms with Crippen molar-refractivity contribution in [2.75, 3.05) is 11.1 Å². The summed E-state index contributed by atoms with van der Waals surface area (Å²) in [5, 5.41) is 14.8. The Balaban J connectivity index is 1.60. The molecular formula is C24H25FN6O3S. The second kappa shape index (κ2) is 10.7. The van der Waals surface area contributed by atoms with Crippen LogP contribution in [-0.2, 0) is 16.1 Å². The molecule has 4 rings (SSSR count). The van der Waals surface area contributed by atoms with Gasteiger partial charge in [0, 0.05) is 24.7 Å². The lowest BCUT2D eigenvalue weighted by Gasteiger charge is -2.13. The lowest BCUT2D eigenvalue weighted by Crippen LogP contribution is -2.33. The largest absolute Gasteiger partial charge is 0.354 e. The molecule has 0 unspecified atom stereocenters. The van der Waals surface area contributed by atoms with Gasteiger partial charge in [0.2, 0.25) is 17.6 Å². The van der Waals surface area contributed by atoms with Crippen molar-refractivity contribution in [2.45, 2.75) is 44.4 Å². The zero-order valence-corrected chi connectivity index (χ0v) is 20.1. The first-order chi connectivity index (χ1) is 16.9. The molecule has 0 fully saturated rings. The van der Waals surface area contributed by atoms with E-state index in [0.717, 1.165) is 18.2 Å². The zero-order chi connectivity index (χ0) is 24.9. The molecule has 2 aromatic carbocycles. The van der Waals surface area contributed by atoms with Crippen LogP contribution in [0.1, 0.15) is 26.7 Å². The summed E-state index contributed by atoms with van der Waals surface area (Å²) in [6.45, 7) is 4.04. The molecular weight excluding hydrogens is 471 g/mol. The molecule has 0 aliphatic carbocycles. The topological polar surface area (TPSA) is 110 Å². The van der Waals surface area contributed by atoms with Crippen LogP contribution in [0.5, 0.6) is 0 Å². The average molecular weight is 497 g/mol. The predicted molar refractivity (Wildman–Crippen MR) is 133 cm³/mol. The number of para-hydroxylation sites is 1. The van der Waals surface area contributed by atoms with E-state index in [9.17, 15) is 18.8 Å². The Hall–Kier alpha value is -3.73. The number of aryl methyl sites for hydroxylation is 1. The van der Waals surface area contributed by atoms with Crippen LogP contribution in [0.2, 0.25) is 0 Å². The maximum atomic E-state index is 13.4. The van der Waals surface area contributed by atoms with Gasteiger partial charge < -0.3 is 10.6 Å². The molecule has 0 spiro atoms. The molecule has 2 amide bonds. The number of anilines is 1. The van der Waals surface area contributed by atoms with Gasteiger partial charge in [-0.15, -0.1) is 10.2 Å². The van der Waals surface area contributed by atoms with Crippen LogP contribution in [0.4, 0.5) is 10.1 Å². The Bertz CT molecular complexity index is 1450. The Labute approximate surface area is 204 Å². The van der Waals surface area contributed by atoms with Crippen molar-refractivity contribution in [3.8, 4) is 0 Å². The third kappa shape index (κ3) is 5.51. The highest BCUT2D eigenvalue weighted by atomic mass is 32.2. The van der Waals surface area contributed by atoms with E-state index in [4.69, 9.17) is 0 Å².